The second kappa shape index (κ2) is 6.60. The molecule has 4 aliphatic rings. The van der Waals surface area contributed by atoms with Gasteiger partial charge in [-0.2, -0.15) is 0 Å². The van der Waals surface area contributed by atoms with Crippen LogP contribution in [0.1, 0.15) is 27.7 Å². The zero-order valence-corrected chi connectivity index (χ0v) is 18.1. The number of rotatable bonds is 2. The third-order valence-corrected chi connectivity index (χ3v) is 8.26. The van der Waals surface area contributed by atoms with Crippen LogP contribution in [-0.2, 0) is 19.1 Å². The smallest absolute Gasteiger partial charge is 0.311 e. The van der Waals surface area contributed by atoms with Gasteiger partial charge < -0.3 is 19.6 Å². The lowest BCUT2D eigenvalue weighted by molar-refractivity contribution is -0.152. The maximum atomic E-state index is 13.8. The number of carbonyl (C=O) groups is 3. The second-order valence-corrected chi connectivity index (χ2v) is 11.1. The molecule has 2 fully saturated rings. The Kier molecular flexibility index (Phi) is 4.66. The van der Waals surface area contributed by atoms with E-state index in [-0.39, 0.29) is 31.6 Å². The topological polar surface area (TPSA) is 87.2 Å². The van der Waals surface area contributed by atoms with Gasteiger partial charge in [-0.1, -0.05) is 18.2 Å². The zero-order valence-electron chi connectivity index (χ0n) is 17.3. The maximum absolute atomic E-state index is 13.8. The number of aliphatic hydroxyl groups excluding tert-OH is 1. The molecular weight excluding hydrogens is 392 g/mol. The van der Waals surface area contributed by atoms with E-state index in [1.165, 1.54) is 16.7 Å². The lowest BCUT2D eigenvalue weighted by Crippen LogP contribution is -2.57. The molecule has 2 saturated heterocycles. The van der Waals surface area contributed by atoms with E-state index in [0.717, 1.165) is 0 Å². The monoisotopic (exact) mass is 420 g/mol. The molecule has 5 atom stereocenters. The van der Waals surface area contributed by atoms with Crippen LogP contribution in [0.2, 0.25) is 0 Å². The van der Waals surface area contributed by atoms with Gasteiger partial charge in [-0.3, -0.25) is 14.4 Å². The van der Waals surface area contributed by atoms with E-state index in [1.54, 1.807) is 4.90 Å². The van der Waals surface area contributed by atoms with Gasteiger partial charge in [0, 0.05) is 23.4 Å². The Labute approximate surface area is 175 Å². The predicted molar refractivity (Wildman–Crippen MR) is 109 cm³/mol. The van der Waals surface area contributed by atoms with Gasteiger partial charge in [-0.15, -0.1) is 11.8 Å². The summed E-state index contributed by atoms with van der Waals surface area (Å²) < 4.78 is 3.85. The first-order valence-electron chi connectivity index (χ1n) is 10.0. The van der Waals surface area contributed by atoms with Gasteiger partial charge in [0.25, 0.3) is 0 Å². The standard InChI is InChI=1S/C21H28N2O5S/c1-19(2,3)23-9-5-8-21-13(16(25)22(10-11-24)15(21)17(23)26)14-18(27)28-12-6-7-20(14,4)29-21/h5-8,13-15,24H,9-12H2,1-4H3/t13-,14+,15?,20-,21-/m0/s1. The van der Waals surface area contributed by atoms with Gasteiger partial charge in [0.05, 0.1) is 23.2 Å². The Bertz CT molecular complexity index is 818. The fraction of sp³-hybridized carbons (Fsp3) is 0.667. The molecule has 0 aliphatic carbocycles. The molecule has 0 radical (unpaired) electrons. The molecule has 158 valence electrons. The van der Waals surface area contributed by atoms with Crippen molar-refractivity contribution in [1.82, 2.24) is 9.80 Å². The van der Waals surface area contributed by atoms with Gasteiger partial charge in [0.1, 0.15) is 12.6 Å². The quantitative estimate of drug-likeness (QED) is 0.529. The first-order chi connectivity index (χ1) is 13.6. The van der Waals surface area contributed by atoms with E-state index in [0.29, 0.717) is 6.54 Å². The largest absolute Gasteiger partial charge is 0.461 e. The number of hydrogen-bond acceptors (Lipinski definition) is 6. The molecule has 1 spiro atoms. The molecule has 0 aromatic rings. The fourth-order valence-corrected chi connectivity index (χ4v) is 7.46. The van der Waals surface area contributed by atoms with E-state index in [9.17, 15) is 19.5 Å². The molecule has 7 nitrogen and oxygen atoms in total. The third kappa shape index (κ3) is 2.79. The zero-order chi connectivity index (χ0) is 21.2. The number of esters is 1. The molecular formula is C21H28N2O5S. The molecule has 0 aromatic carbocycles. The van der Waals surface area contributed by atoms with Crippen LogP contribution in [0.15, 0.2) is 24.3 Å². The van der Waals surface area contributed by atoms with Crippen molar-refractivity contribution in [2.45, 2.75) is 48.8 Å². The molecule has 0 bridgehead atoms. The first kappa shape index (κ1) is 20.5. The molecule has 4 aliphatic heterocycles. The van der Waals surface area contributed by atoms with E-state index in [2.05, 4.69) is 0 Å². The second-order valence-electron chi connectivity index (χ2n) is 9.31. The van der Waals surface area contributed by atoms with Crippen molar-refractivity contribution >= 4 is 29.5 Å². The molecule has 0 aromatic heterocycles. The number of carbonyl (C=O) groups excluding carboxylic acids is 3. The molecule has 1 unspecified atom stereocenters. The maximum Gasteiger partial charge on any atom is 0.311 e. The van der Waals surface area contributed by atoms with Crippen LogP contribution >= 0.6 is 11.8 Å². The van der Waals surface area contributed by atoms with Gasteiger partial charge in [-0.05, 0) is 33.8 Å². The Morgan fingerprint density at radius 1 is 1.17 bits per heavy atom. The number of ether oxygens (including phenoxy) is 1. The summed E-state index contributed by atoms with van der Waals surface area (Å²) in [5.74, 6) is -2.18. The summed E-state index contributed by atoms with van der Waals surface area (Å²) in [5, 5.41) is 9.61. The van der Waals surface area contributed by atoms with Crippen LogP contribution in [0.3, 0.4) is 0 Å². The highest BCUT2D eigenvalue weighted by atomic mass is 32.2. The number of amides is 2. The predicted octanol–water partition coefficient (Wildman–Crippen LogP) is 0.976. The number of hydrogen-bond donors (Lipinski definition) is 1. The number of fused-ring (bicyclic) bond motifs is 2. The summed E-state index contributed by atoms with van der Waals surface area (Å²) in [6.07, 6.45) is 7.68. The van der Waals surface area contributed by atoms with Crippen LogP contribution < -0.4 is 0 Å². The Hall–Kier alpha value is -1.80. The summed E-state index contributed by atoms with van der Waals surface area (Å²) in [4.78, 5) is 43.5. The average molecular weight is 421 g/mol. The molecule has 4 rings (SSSR count). The SMILES string of the molecule is CC(C)(C)N1CC=C[C@]23S[C@@]4(C)C=CCOC(=O)[C@H]4[C@H]2C(=O)N(CCO)C3C1=O. The molecule has 8 heteroatoms. The Morgan fingerprint density at radius 2 is 1.90 bits per heavy atom. The number of β-amino-alcohol motifs (C(OH)–C–C–N with tert-alkyl or cyclic N) is 1. The van der Waals surface area contributed by atoms with Gasteiger partial charge >= 0.3 is 5.97 Å². The number of thioether (sulfide) groups is 1. The van der Waals surface area contributed by atoms with Gasteiger partial charge in [0.15, 0.2) is 0 Å². The van der Waals surface area contributed by atoms with Crippen LogP contribution in [0.5, 0.6) is 0 Å². The summed E-state index contributed by atoms with van der Waals surface area (Å²) in [5.41, 5.74) is -0.421. The van der Waals surface area contributed by atoms with Crippen molar-refractivity contribution in [2.24, 2.45) is 11.8 Å². The summed E-state index contributed by atoms with van der Waals surface area (Å²) in [6, 6.07) is -0.764. The number of cyclic esters (lactones) is 1. The number of likely N-dealkylation sites (tertiary alicyclic amines) is 1. The van der Waals surface area contributed by atoms with E-state index in [4.69, 9.17) is 4.74 Å². The minimum absolute atomic E-state index is 0.0637. The van der Waals surface area contributed by atoms with Crippen LogP contribution in [0.25, 0.3) is 0 Å². The third-order valence-electron chi connectivity index (χ3n) is 6.46. The normalized spacial score (nSPS) is 39.1. The summed E-state index contributed by atoms with van der Waals surface area (Å²) in [6.45, 7) is 8.30. The summed E-state index contributed by atoms with van der Waals surface area (Å²) in [7, 11) is 0. The number of aliphatic hydroxyl groups is 1. The van der Waals surface area contributed by atoms with Crippen molar-refractivity contribution < 1.29 is 24.2 Å². The molecule has 2 amide bonds. The fourth-order valence-electron chi connectivity index (χ4n) is 5.31. The molecule has 4 heterocycles. The minimum atomic E-state index is -0.872. The molecule has 1 N–H and O–H groups in total. The van der Waals surface area contributed by atoms with Crippen molar-refractivity contribution in [1.29, 1.82) is 0 Å². The molecule has 29 heavy (non-hydrogen) atoms. The van der Waals surface area contributed by atoms with Gasteiger partial charge in [0.2, 0.25) is 11.8 Å². The van der Waals surface area contributed by atoms with Crippen LogP contribution in [0.4, 0.5) is 0 Å². The number of nitrogens with zero attached hydrogens (tertiary/aromatic N) is 2. The van der Waals surface area contributed by atoms with Crippen molar-refractivity contribution in [3.05, 3.63) is 24.3 Å². The molecule has 0 saturated carbocycles. The lowest BCUT2D eigenvalue weighted by atomic mass is 9.75. The summed E-state index contributed by atoms with van der Waals surface area (Å²) >= 11 is 1.51. The van der Waals surface area contributed by atoms with E-state index in [1.807, 2.05) is 52.0 Å². The Morgan fingerprint density at radius 3 is 2.55 bits per heavy atom. The lowest BCUT2D eigenvalue weighted by Gasteiger charge is -2.40. The van der Waals surface area contributed by atoms with Crippen molar-refractivity contribution in [3.8, 4) is 0 Å². The first-order valence-corrected chi connectivity index (χ1v) is 10.8. The van der Waals surface area contributed by atoms with Crippen LogP contribution in [0, 0.1) is 11.8 Å². The highest BCUT2D eigenvalue weighted by molar-refractivity contribution is 8.02. The Balaban J connectivity index is 1.89. The van der Waals surface area contributed by atoms with Crippen LogP contribution in [-0.4, -0.2) is 80.1 Å². The van der Waals surface area contributed by atoms with E-state index < -0.39 is 38.9 Å². The van der Waals surface area contributed by atoms with Gasteiger partial charge in [-0.25, -0.2) is 0 Å². The average Bonchev–Trinajstić information content (AvgIpc) is 2.85. The van der Waals surface area contributed by atoms with E-state index >= 15 is 0 Å². The highest BCUT2D eigenvalue weighted by Crippen LogP contribution is 2.65. The van der Waals surface area contributed by atoms with Crippen molar-refractivity contribution in [2.75, 3.05) is 26.3 Å². The minimum Gasteiger partial charge on any atom is -0.461 e. The van der Waals surface area contributed by atoms with Crippen molar-refractivity contribution in [3.63, 3.8) is 0 Å². The highest BCUT2D eigenvalue weighted by Gasteiger charge is 2.74.